The molecule has 0 bridgehead atoms. The Morgan fingerprint density at radius 2 is 1.38 bits per heavy atom. The van der Waals surface area contributed by atoms with Crippen molar-refractivity contribution in [1.82, 2.24) is 0 Å². The van der Waals surface area contributed by atoms with Crippen LogP contribution in [0, 0.1) is 10.8 Å². The van der Waals surface area contributed by atoms with E-state index in [4.69, 9.17) is 4.74 Å². The van der Waals surface area contributed by atoms with E-state index in [1.54, 1.807) is 0 Å². The largest absolute Gasteiger partial charge is 0.376 e. The van der Waals surface area contributed by atoms with Gasteiger partial charge in [-0.15, -0.1) is 0 Å². The number of ether oxygens (including phenoxy) is 1. The van der Waals surface area contributed by atoms with Gasteiger partial charge in [-0.05, 0) is 37.5 Å². The highest BCUT2D eigenvalue weighted by Crippen LogP contribution is 2.52. The third-order valence-electron chi connectivity index (χ3n) is 3.77. The summed E-state index contributed by atoms with van der Waals surface area (Å²) in [5.74, 6) is 0. The highest BCUT2D eigenvalue weighted by atomic mass is 16.5. The van der Waals surface area contributed by atoms with Crippen LogP contribution in [0.15, 0.2) is 0 Å². The summed E-state index contributed by atoms with van der Waals surface area (Å²) in [6.45, 7) is 13.7. The van der Waals surface area contributed by atoms with Crippen LogP contribution in [0.1, 0.15) is 54.4 Å². The zero-order valence-electron chi connectivity index (χ0n) is 9.98. The van der Waals surface area contributed by atoms with E-state index >= 15 is 0 Å². The van der Waals surface area contributed by atoms with Crippen molar-refractivity contribution < 1.29 is 4.74 Å². The first-order chi connectivity index (χ1) is 5.74. The van der Waals surface area contributed by atoms with Crippen molar-refractivity contribution in [2.75, 3.05) is 0 Å². The predicted molar refractivity (Wildman–Crippen MR) is 56.8 cm³/mol. The third kappa shape index (κ3) is 2.25. The summed E-state index contributed by atoms with van der Waals surface area (Å²) in [7, 11) is 0. The lowest BCUT2D eigenvalue weighted by atomic mass is 9.71. The second kappa shape index (κ2) is 3.27. The SMILES string of the molecule is CC(C)OC1CC(C)(C)C(C)(C)C1. The van der Waals surface area contributed by atoms with Gasteiger partial charge in [0, 0.05) is 0 Å². The Morgan fingerprint density at radius 3 is 1.69 bits per heavy atom. The zero-order valence-corrected chi connectivity index (χ0v) is 9.98. The molecule has 0 aromatic heterocycles. The first-order valence-electron chi connectivity index (χ1n) is 5.40. The van der Waals surface area contributed by atoms with E-state index in [9.17, 15) is 0 Å². The van der Waals surface area contributed by atoms with Crippen molar-refractivity contribution >= 4 is 0 Å². The van der Waals surface area contributed by atoms with Gasteiger partial charge in [-0.3, -0.25) is 0 Å². The van der Waals surface area contributed by atoms with Crippen molar-refractivity contribution in [3.8, 4) is 0 Å². The van der Waals surface area contributed by atoms with Crippen LogP contribution in [0.25, 0.3) is 0 Å². The van der Waals surface area contributed by atoms with Crippen LogP contribution in [0.5, 0.6) is 0 Å². The molecule has 1 saturated carbocycles. The average molecular weight is 184 g/mol. The molecule has 0 heterocycles. The van der Waals surface area contributed by atoms with E-state index in [1.807, 2.05) is 0 Å². The lowest BCUT2D eigenvalue weighted by Gasteiger charge is -2.34. The van der Waals surface area contributed by atoms with Crippen molar-refractivity contribution in [1.29, 1.82) is 0 Å². The summed E-state index contributed by atoms with van der Waals surface area (Å²) in [6, 6.07) is 0. The molecule has 0 saturated heterocycles. The highest BCUT2D eigenvalue weighted by molar-refractivity contribution is 4.96. The van der Waals surface area contributed by atoms with Crippen molar-refractivity contribution in [3.05, 3.63) is 0 Å². The summed E-state index contributed by atoms with van der Waals surface area (Å²) in [6.07, 6.45) is 3.26. The number of hydrogen-bond acceptors (Lipinski definition) is 1. The lowest BCUT2D eigenvalue weighted by Crippen LogP contribution is -2.25. The van der Waals surface area contributed by atoms with Crippen LogP contribution in [0.3, 0.4) is 0 Å². The van der Waals surface area contributed by atoms with Gasteiger partial charge in [0.1, 0.15) is 0 Å². The molecule has 0 unspecified atom stereocenters. The second-order valence-corrected chi connectivity index (χ2v) is 5.98. The Hall–Kier alpha value is -0.0400. The molecule has 1 nitrogen and oxygen atoms in total. The molecule has 13 heavy (non-hydrogen) atoms. The molecule has 0 spiro atoms. The van der Waals surface area contributed by atoms with Crippen LogP contribution in [-0.4, -0.2) is 12.2 Å². The standard InChI is InChI=1S/C12H24O/c1-9(2)13-10-7-11(3,4)12(5,6)8-10/h9-10H,7-8H2,1-6H3. The maximum absolute atomic E-state index is 5.88. The van der Waals surface area contributed by atoms with Gasteiger partial charge >= 0.3 is 0 Å². The molecule has 1 heteroatoms. The molecule has 0 atom stereocenters. The summed E-state index contributed by atoms with van der Waals surface area (Å²) in [5.41, 5.74) is 0.846. The summed E-state index contributed by atoms with van der Waals surface area (Å²) >= 11 is 0. The molecule has 1 aliphatic carbocycles. The van der Waals surface area contributed by atoms with Gasteiger partial charge < -0.3 is 4.74 Å². The van der Waals surface area contributed by atoms with Crippen LogP contribution >= 0.6 is 0 Å². The topological polar surface area (TPSA) is 9.23 Å². The van der Waals surface area contributed by atoms with Gasteiger partial charge in [0.05, 0.1) is 12.2 Å². The van der Waals surface area contributed by atoms with E-state index in [0.717, 1.165) is 0 Å². The molecule has 1 rings (SSSR count). The minimum atomic E-state index is 0.370. The van der Waals surface area contributed by atoms with Gasteiger partial charge in [0.25, 0.3) is 0 Å². The fourth-order valence-electron chi connectivity index (χ4n) is 2.24. The molecule has 0 aromatic carbocycles. The van der Waals surface area contributed by atoms with Crippen LogP contribution < -0.4 is 0 Å². The Morgan fingerprint density at radius 1 is 1.00 bits per heavy atom. The molecule has 0 aliphatic heterocycles. The predicted octanol–water partition coefficient (Wildman–Crippen LogP) is 3.63. The van der Waals surface area contributed by atoms with Crippen LogP contribution in [0.2, 0.25) is 0 Å². The normalized spacial score (nSPS) is 27.0. The van der Waals surface area contributed by atoms with Crippen molar-refractivity contribution in [2.24, 2.45) is 10.8 Å². The van der Waals surface area contributed by atoms with E-state index in [0.29, 0.717) is 23.0 Å². The monoisotopic (exact) mass is 184 g/mol. The number of hydrogen-bond donors (Lipinski definition) is 0. The summed E-state index contributed by atoms with van der Waals surface area (Å²) in [5, 5.41) is 0. The molecular formula is C12H24O. The smallest absolute Gasteiger partial charge is 0.0589 e. The van der Waals surface area contributed by atoms with Gasteiger partial charge in [0.2, 0.25) is 0 Å². The Bertz CT molecular complexity index is 164. The molecule has 78 valence electrons. The molecule has 1 fully saturated rings. The molecule has 0 aromatic rings. The Kier molecular flexibility index (Phi) is 2.78. The van der Waals surface area contributed by atoms with Crippen LogP contribution in [0.4, 0.5) is 0 Å². The first-order valence-corrected chi connectivity index (χ1v) is 5.40. The fourth-order valence-corrected chi connectivity index (χ4v) is 2.24. The molecule has 0 amide bonds. The minimum Gasteiger partial charge on any atom is -0.376 e. The quantitative estimate of drug-likeness (QED) is 0.637. The second-order valence-electron chi connectivity index (χ2n) is 5.98. The van der Waals surface area contributed by atoms with Gasteiger partial charge in [-0.25, -0.2) is 0 Å². The maximum Gasteiger partial charge on any atom is 0.0589 e. The Balaban J connectivity index is 2.60. The molecule has 0 N–H and O–H groups in total. The van der Waals surface area contributed by atoms with E-state index < -0.39 is 0 Å². The average Bonchev–Trinajstić information content (AvgIpc) is 1.98. The minimum absolute atomic E-state index is 0.370. The van der Waals surface area contributed by atoms with E-state index in [2.05, 4.69) is 41.5 Å². The maximum atomic E-state index is 5.88. The fraction of sp³-hybridized carbons (Fsp3) is 1.00. The number of rotatable bonds is 2. The molecule has 1 aliphatic rings. The summed E-state index contributed by atoms with van der Waals surface area (Å²) < 4.78 is 5.88. The lowest BCUT2D eigenvalue weighted by molar-refractivity contribution is 0.00577. The van der Waals surface area contributed by atoms with Crippen molar-refractivity contribution in [3.63, 3.8) is 0 Å². The third-order valence-corrected chi connectivity index (χ3v) is 3.77. The van der Waals surface area contributed by atoms with Gasteiger partial charge in [-0.2, -0.15) is 0 Å². The first kappa shape index (κ1) is 11.0. The molecule has 0 radical (unpaired) electrons. The van der Waals surface area contributed by atoms with E-state index in [1.165, 1.54) is 12.8 Å². The van der Waals surface area contributed by atoms with E-state index in [-0.39, 0.29) is 0 Å². The Labute approximate surface area is 82.9 Å². The molecular weight excluding hydrogens is 160 g/mol. The van der Waals surface area contributed by atoms with Crippen LogP contribution in [-0.2, 0) is 4.74 Å². The van der Waals surface area contributed by atoms with Gasteiger partial charge in [0.15, 0.2) is 0 Å². The zero-order chi connectivity index (χ0) is 10.3. The highest BCUT2D eigenvalue weighted by Gasteiger charge is 2.46. The van der Waals surface area contributed by atoms with Crippen molar-refractivity contribution in [2.45, 2.75) is 66.6 Å². The van der Waals surface area contributed by atoms with Gasteiger partial charge in [-0.1, -0.05) is 27.7 Å². The summed E-state index contributed by atoms with van der Waals surface area (Å²) in [4.78, 5) is 0.